The lowest BCUT2D eigenvalue weighted by atomic mass is 10.3. The van der Waals surface area contributed by atoms with Crippen LogP contribution < -0.4 is 0 Å². The van der Waals surface area contributed by atoms with Crippen molar-refractivity contribution in [3.63, 3.8) is 0 Å². The third kappa shape index (κ3) is 1.92. The van der Waals surface area contributed by atoms with E-state index in [0.29, 0.717) is 16.1 Å². The summed E-state index contributed by atoms with van der Waals surface area (Å²) in [6.07, 6.45) is 1.60. The average molecular weight is 300 g/mol. The molecule has 0 saturated heterocycles. The Hall–Kier alpha value is -1.36. The van der Waals surface area contributed by atoms with Crippen LogP contribution in [0.4, 0.5) is 0 Å². The minimum Gasteiger partial charge on any atom is -0.215 e. The summed E-state index contributed by atoms with van der Waals surface area (Å²) >= 11 is 17.6. The zero-order valence-electron chi connectivity index (χ0n) is 8.81. The van der Waals surface area contributed by atoms with Crippen molar-refractivity contribution in [3.05, 3.63) is 45.9 Å². The Morgan fingerprint density at radius 3 is 2.39 bits per heavy atom. The number of nitrogens with zero attached hydrogens (tertiary/aromatic N) is 4. The van der Waals surface area contributed by atoms with Crippen LogP contribution >= 0.6 is 34.8 Å². The molecule has 0 bridgehead atoms. The second kappa shape index (κ2) is 4.39. The zero-order valence-corrected chi connectivity index (χ0v) is 11.1. The Bertz CT molecular complexity index is 721. The van der Waals surface area contributed by atoms with E-state index in [0.717, 1.165) is 5.69 Å². The van der Waals surface area contributed by atoms with Gasteiger partial charge >= 0.3 is 0 Å². The first kappa shape index (κ1) is 11.7. The molecule has 0 unspecified atom stereocenters. The van der Waals surface area contributed by atoms with Gasteiger partial charge in [-0.05, 0) is 35.9 Å². The predicted octanol–water partition coefficient (Wildman–Crippen LogP) is 3.78. The maximum Gasteiger partial charge on any atom is 0.225 e. The Morgan fingerprint density at radius 1 is 0.944 bits per heavy atom. The highest BCUT2D eigenvalue weighted by molar-refractivity contribution is 6.35. The SMILES string of the molecule is Clc1ccc(-n2ncc3c(Cl)nc(Cl)nc32)cc1. The van der Waals surface area contributed by atoms with Crippen LogP contribution in [0.15, 0.2) is 30.5 Å². The van der Waals surface area contributed by atoms with E-state index in [9.17, 15) is 0 Å². The van der Waals surface area contributed by atoms with Crippen molar-refractivity contribution in [2.24, 2.45) is 0 Å². The quantitative estimate of drug-likeness (QED) is 0.507. The largest absolute Gasteiger partial charge is 0.225 e. The molecule has 2 heterocycles. The van der Waals surface area contributed by atoms with Gasteiger partial charge in [-0.1, -0.05) is 23.2 Å². The Kier molecular flexibility index (Phi) is 2.86. The minimum atomic E-state index is 0.0863. The number of rotatable bonds is 1. The third-order valence-corrected chi connectivity index (χ3v) is 3.13. The smallest absolute Gasteiger partial charge is 0.215 e. The molecular weight excluding hydrogens is 295 g/mol. The van der Waals surface area contributed by atoms with Gasteiger partial charge in [-0.2, -0.15) is 10.1 Å². The monoisotopic (exact) mass is 298 g/mol. The molecule has 3 rings (SSSR count). The van der Waals surface area contributed by atoms with E-state index in [-0.39, 0.29) is 10.4 Å². The molecule has 0 atom stereocenters. The molecule has 1 aromatic carbocycles. The standard InChI is InChI=1S/C11H5Cl3N4/c12-6-1-3-7(4-2-6)18-10-8(5-15-18)9(13)16-11(14)17-10/h1-5H. The number of hydrogen-bond donors (Lipinski definition) is 0. The van der Waals surface area contributed by atoms with E-state index in [1.165, 1.54) is 0 Å². The molecule has 0 amide bonds. The van der Waals surface area contributed by atoms with Gasteiger partial charge in [-0.15, -0.1) is 0 Å². The molecule has 0 saturated carbocycles. The number of fused-ring (bicyclic) bond motifs is 1. The van der Waals surface area contributed by atoms with Crippen LogP contribution in [0, 0.1) is 0 Å². The molecule has 0 N–H and O–H groups in total. The highest BCUT2D eigenvalue weighted by Gasteiger charge is 2.11. The van der Waals surface area contributed by atoms with Gasteiger partial charge in [0.1, 0.15) is 5.15 Å². The van der Waals surface area contributed by atoms with E-state index >= 15 is 0 Å². The minimum absolute atomic E-state index is 0.0863. The lowest BCUT2D eigenvalue weighted by molar-refractivity contribution is 0.895. The Labute approximate surface area is 117 Å². The van der Waals surface area contributed by atoms with Crippen LogP contribution in [-0.4, -0.2) is 19.7 Å². The highest BCUT2D eigenvalue weighted by atomic mass is 35.5. The van der Waals surface area contributed by atoms with Gasteiger partial charge in [-0.3, -0.25) is 0 Å². The first-order valence-corrected chi connectivity index (χ1v) is 6.11. The van der Waals surface area contributed by atoms with Crippen molar-refractivity contribution in [2.75, 3.05) is 0 Å². The van der Waals surface area contributed by atoms with Gasteiger partial charge in [0.05, 0.1) is 17.3 Å². The number of hydrogen-bond acceptors (Lipinski definition) is 3. The summed E-state index contributed by atoms with van der Waals surface area (Å²) in [5, 5.41) is 5.90. The molecule has 0 aliphatic heterocycles. The predicted molar refractivity (Wildman–Crippen MR) is 71.7 cm³/mol. The maximum atomic E-state index is 5.98. The molecular formula is C11H5Cl3N4. The second-order valence-corrected chi connectivity index (χ2v) is 4.69. The molecule has 7 heteroatoms. The second-order valence-electron chi connectivity index (χ2n) is 3.55. The fourth-order valence-corrected chi connectivity index (χ4v) is 2.17. The van der Waals surface area contributed by atoms with Crippen LogP contribution in [0.3, 0.4) is 0 Å². The summed E-state index contributed by atoms with van der Waals surface area (Å²) in [7, 11) is 0. The normalized spacial score (nSPS) is 11.1. The van der Waals surface area contributed by atoms with Crippen molar-refractivity contribution >= 4 is 45.8 Å². The van der Waals surface area contributed by atoms with Crippen LogP contribution in [-0.2, 0) is 0 Å². The Balaban J connectivity index is 2.27. The molecule has 0 radical (unpaired) electrons. The van der Waals surface area contributed by atoms with Crippen molar-refractivity contribution in [2.45, 2.75) is 0 Å². The van der Waals surface area contributed by atoms with Gasteiger partial charge in [0.2, 0.25) is 5.28 Å². The first-order chi connectivity index (χ1) is 8.65. The van der Waals surface area contributed by atoms with Crippen LogP contribution in [0.5, 0.6) is 0 Å². The van der Waals surface area contributed by atoms with E-state index in [1.807, 2.05) is 12.1 Å². The Morgan fingerprint density at radius 2 is 1.67 bits per heavy atom. The lowest BCUT2D eigenvalue weighted by Crippen LogP contribution is -1.98. The van der Waals surface area contributed by atoms with Gasteiger partial charge in [0.15, 0.2) is 5.65 Å². The van der Waals surface area contributed by atoms with Crippen LogP contribution in [0.1, 0.15) is 0 Å². The summed E-state index contributed by atoms with van der Waals surface area (Å²) in [5.41, 5.74) is 1.38. The van der Waals surface area contributed by atoms with Crippen LogP contribution in [0.2, 0.25) is 15.5 Å². The maximum absolute atomic E-state index is 5.98. The van der Waals surface area contributed by atoms with Gasteiger partial charge in [-0.25, -0.2) is 9.67 Å². The molecule has 3 aromatic rings. The third-order valence-electron chi connectivity index (χ3n) is 2.43. The number of benzene rings is 1. The fourth-order valence-electron chi connectivity index (χ4n) is 1.62. The molecule has 0 fully saturated rings. The molecule has 2 aromatic heterocycles. The highest BCUT2D eigenvalue weighted by Crippen LogP contribution is 2.24. The van der Waals surface area contributed by atoms with Crippen molar-refractivity contribution in [1.82, 2.24) is 19.7 Å². The van der Waals surface area contributed by atoms with E-state index in [2.05, 4.69) is 15.1 Å². The number of aromatic nitrogens is 4. The molecule has 18 heavy (non-hydrogen) atoms. The van der Waals surface area contributed by atoms with Gasteiger partial charge in [0, 0.05) is 5.02 Å². The molecule has 4 nitrogen and oxygen atoms in total. The molecule has 0 aliphatic carbocycles. The molecule has 0 spiro atoms. The molecule has 0 aliphatic rings. The van der Waals surface area contributed by atoms with E-state index in [4.69, 9.17) is 34.8 Å². The van der Waals surface area contributed by atoms with Gasteiger partial charge in [0.25, 0.3) is 0 Å². The summed E-state index contributed by atoms with van der Waals surface area (Å²) in [6.45, 7) is 0. The lowest BCUT2D eigenvalue weighted by Gasteiger charge is -2.03. The topological polar surface area (TPSA) is 43.6 Å². The van der Waals surface area contributed by atoms with Crippen molar-refractivity contribution in [3.8, 4) is 5.69 Å². The average Bonchev–Trinajstić information content (AvgIpc) is 2.74. The van der Waals surface area contributed by atoms with Crippen molar-refractivity contribution < 1.29 is 0 Å². The van der Waals surface area contributed by atoms with Crippen molar-refractivity contribution in [1.29, 1.82) is 0 Å². The summed E-state index contributed by atoms with van der Waals surface area (Å²) in [5.74, 6) is 0. The fraction of sp³-hybridized carbons (Fsp3) is 0. The van der Waals surface area contributed by atoms with E-state index < -0.39 is 0 Å². The summed E-state index contributed by atoms with van der Waals surface area (Å²) in [4.78, 5) is 8.00. The summed E-state index contributed by atoms with van der Waals surface area (Å²) < 4.78 is 1.63. The van der Waals surface area contributed by atoms with Gasteiger partial charge < -0.3 is 0 Å². The number of halogens is 3. The zero-order chi connectivity index (χ0) is 12.7. The first-order valence-electron chi connectivity index (χ1n) is 4.98. The van der Waals surface area contributed by atoms with E-state index in [1.54, 1.807) is 23.0 Å². The van der Waals surface area contributed by atoms with Crippen LogP contribution in [0.25, 0.3) is 16.7 Å². The molecule has 90 valence electrons. The summed E-state index contributed by atoms with van der Waals surface area (Å²) in [6, 6.07) is 7.21.